The first-order chi connectivity index (χ1) is 12.5. The summed E-state index contributed by atoms with van der Waals surface area (Å²) in [5, 5.41) is 0.423. The molecule has 1 heterocycles. The number of nitrogens with zero attached hydrogens (tertiary/aromatic N) is 1. The summed E-state index contributed by atoms with van der Waals surface area (Å²) in [6.07, 6.45) is -0.0613. The van der Waals surface area contributed by atoms with Crippen molar-refractivity contribution in [3.8, 4) is 5.75 Å². The van der Waals surface area contributed by atoms with Crippen LogP contribution in [0, 0.1) is 0 Å². The van der Waals surface area contributed by atoms with Crippen molar-refractivity contribution in [1.82, 2.24) is 10.9 Å². The SMILES string of the molecule is COc1ccc(C(=O)NN[C@@H]2CC(=O)N(c3cccc(Cl)c3)C2=O)cc1. The molecule has 0 unspecified atom stereocenters. The van der Waals surface area contributed by atoms with E-state index in [1.54, 1.807) is 42.5 Å². The lowest BCUT2D eigenvalue weighted by Crippen LogP contribution is -2.48. The molecule has 2 N–H and O–H groups in total. The zero-order valence-electron chi connectivity index (χ0n) is 13.9. The molecule has 8 heteroatoms. The number of nitrogens with one attached hydrogen (secondary N) is 2. The van der Waals surface area contributed by atoms with Gasteiger partial charge in [0.1, 0.15) is 11.8 Å². The van der Waals surface area contributed by atoms with Crippen LogP contribution in [0.1, 0.15) is 16.8 Å². The second-order valence-electron chi connectivity index (χ2n) is 5.63. The third-order valence-electron chi connectivity index (χ3n) is 3.93. The molecule has 3 amide bonds. The van der Waals surface area contributed by atoms with Gasteiger partial charge in [0.05, 0.1) is 19.2 Å². The highest BCUT2D eigenvalue weighted by Gasteiger charge is 2.39. The number of carbonyl (C=O) groups excluding carboxylic acids is 3. The Balaban J connectivity index is 1.64. The summed E-state index contributed by atoms with van der Waals surface area (Å²) in [5.41, 5.74) is 5.88. The number of imide groups is 1. The normalized spacial score (nSPS) is 16.7. The third kappa shape index (κ3) is 3.68. The fourth-order valence-electron chi connectivity index (χ4n) is 2.60. The van der Waals surface area contributed by atoms with Crippen LogP contribution >= 0.6 is 11.6 Å². The molecule has 2 aromatic rings. The van der Waals surface area contributed by atoms with Gasteiger partial charge in [-0.2, -0.15) is 0 Å². The van der Waals surface area contributed by atoms with Gasteiger partial charge in [-0.3, -0.25) is 19.8 Å². The van der Waals surface area contributed by atoms with Gasteiger partial charge in [0, 0.05) is 10.6 Å². The summed E-state index contributed by atoms with van der Waals surface area (Å²) in [7, 11) is 1.53. The van der Waals surface area contributed by atoms with E-state index >= 15 is 0 Å². The maximum atomic E-state index is 12.5. The standard InChI is InChI=1S/C18H16ClN3O4/c1-26-14-7-5-11(6-8-14)17(24)21-20-15-10-16(23)22(18(15)25)13-4-2-3-12(19)9-13/h2-9,15,20H,10H2,1H3,(H,21,24)/t15-/m1/s1. The van der Waals surface area contributed by atoms with Gasteiger partial charge in [-0.05, 0) is 42.5 Å². The molecule has 134 valence electrons. The first-order valence-corrected chi connectivity index (χ1v) is 8.19. The number of benzene rings is 2. The first-order valence-electron chi connectivity index (χ1n) is 7.82. The van der Waals surface area contributed by atoms with Crippen LogP contribution in [0.3, 0.4) is 0 Å². The number of carbonyl (C=O) groups is 3. The van der Waals surface area contributed by atoms with Crippen LogP contribution in [0.25, 0.3) is 0 Å². The van der Waals surface area contributed by atoms with Gasteiger partial charge in [-0.25, -0.2) is 10.3 Å². The number of methoxy groups -OCH3 is 1. The summed E-state index contributed by atoms with van der Waals surface area (Å²) >= 11 is 5.92. The smallest absolute Gasteiger partial charge is 0.265 e. The Bertz CT molecular complexity index is 854. The van der Waals surface area contributed by atoms with Crippen molar-refractivity contribution in [2.45, 2.75) is 12.5 Å². The molecule has 1 saturated heterocycles. The molecular formula is C18H16ClN3O4. The van der Waals surface area contributed by atoms with Crippen molar-refractivity contribution in [2.75, 3.05) is 12.0 Å². The summed E-state index contributed by atoms with van der Waals surface area (Å²) in [4.78, 5) is 37.9. The van der Waals surface area contributed by atoms with Gasteiger partial charge in [0.25, 0.3) is 11.8 Å². The summed E-state index contributed by atoms with van der Waals surface area (Å²) in [6.45, 7) is 0. The average molecular weight is 374 g/mol. The third-order valence-corrected chi connectivity index (χ3v) is 4.16. The predicted molar refractivity (Wildman–Crippen MR) is 95.9 cm³/mol. The number of hydrogen-bond donors (Lipinski definition) is 2. The van der Waals surface area contributed by atoms with Crippen molar-refractivity contribution < 1.29 is 19.1 Å². The van der Waals surface area contributed by atoms with Crippen LogP contribution in [-0.2, 0) is 9.59 Å². The van der Waals surface area contributed by atoms with E-state index in [0.717, 1.165) is 4.90 Å². The number of amides is 3. The summed E-state index contributed by atoms with van der Waals surface area (Å²) in [6, 6.07) is 12.1. The Morgan fingerprint density at radius 1 is 1.19 bits per heavy atom. The van der Waals surface area contributed by atoms with Crippen molar-refractivity contribution in [3.05, 3.63) is 59.1 Å². The minimum Gasteiger partial charge on any atom is -0.497 e. The highest BCUT2D eigenvalue weighted by molar-refractivity contribution is 6.31. The molecule has 2 aromatic carbocycles. The minimum atomic E-state index is -0.844. The lowest BCUT2D eigenvalue weighted by atomic mass is 10.2. The van der Waals surface area contributed by atoms with Crippen LogP contribution in [0.15, 0.2) is 48.5 Å². The van der Waals surface area contributed by atoms with E-state index in [9.17, 15) is 14.4 Å². The maximum Gasteiger partial charge on any atom is 0.265 e. The fourth-order valence-corrected chi connectivity index (χ4v) is 2.78. The molecular weight excluding hydrogens is 358 g/mol. The van der Waals surface area contributed by atoms with Gasteiger partial charge >= 0.3 is 0 Å². The van der Waals surface area contributed by atoms with Gasteiger partial charge in [0.2, 0.25) is 5.91 Å². The lowest BCUT2D eigenvalue weighted by molar-refractivity contribution is -0.121. The maximum absolute atomic E-state index is 12.5. The van der Waals surface area contributed by atoms with Gasteiger partial charge in [-0.1, -0.05) is 17.7 Å². The number of halogens is 1. The van der Waals surface area contributed by atoms with Gasteiger partial charge in [0.15, 0.2) is 0 Å². The molecule has 1 aliphatic heterocycles. The van der Waals surface area contributed by atoms with Crippen LogP contribution in [-0.4, -0.2) is 30.9 Å². The number of rotatable bonds is 5. The zero-order valence-corrected chi connectivity index (χ0v) is 14.6. The number of hydrogen-bond acceptors (Lipinski definition) is 5. The van der Waals surface area contributed by atoms with Crippen LogP contribution in [0.2, 0.25) is 5.02 Å². The van der Waals surface area contributed by atoms with Crippen molar-refractivity contribution in [2.24, 2.45) is 0 Å². The molecule has 0 spiro atoms. The second kappa shape index (κ2) is 7.55. The van der Waals surface area contributed by atoms with Crippen LogP contribution < -0.4 is 20.5 Å². The molecule has 3 rings (SSSR count). The van der Waals surface area contributed by atoms with Crippen molar-refractivity contribution in [3.63, 3.8) is 0 Å². The van der Waals surface area contributed by atoms with Crippen LogP contribution in [0.4, 0.5) is 5.69 Å². The molecule has 0 saturated carbocycles. The fraction of sp³-hybridized carbons (Fsp3) is 0.167. The largest absolute Gasteiger partial charge is 0.497 e. The molecule has 0 radical (unpaired) electrons. The number of anilines is 1. The van der Waals surface area contributed by atoms with E-state index in [4.69, 9.17) is 16.3 Å². The van der Waals surface area contributed by atoms with E-state index < -0.39 is 17.9 Å². The number of hydrazine groups is 1. The Morgan fingerprint density at radius 3 is 2.58 bits per heavy atom. The summed E-state index contributed by atoms with van der Waals surface area (Å²) < 4.78 is 5.03. The van der Waals surface area contributed by atoms with Crippen molar-refractivity contribution >= 4 is 35.0 Å². The zero-order chi connectivity index (χ0) is 18.7. The average Bonchev–Trinajstić information content (AvgIpc) is 2.93. The van der Waals surface area contributed by atoms with Crippen molar-refractivity contribution in [1.29, 1.82) is 0 Å². The quantitative estimate of drug-likeness (QED) is 0.617. The first kappa shape index (κ1) is 17.9. The van der Waals surface area contributed by atoms with Crippen LogP contribution in [0.5, 0.6) is 5.75 Å². The monoisotopic (exact) mass is 373 g/mol. The molecule has 7 nitrogen and oxygen atoms in total. The molecule has 0 aromatic heterocycles. The Kier molecular flexibility index (Phi) is 5.20. The molecule has 0 aliphatic carbocycles. The van der Waals surface area contributed by atoms with E-state index in [-0.39, 0.29) is 12.3 Å². The van der Waals surface area contributed by atoms with E-state index in [2.05, 4.69) is 10.9 Å². The van der Waals surface area contributed by atoms with E-state index in [1.165, 1.54) is 13.2 Å². The topological polar surface area (TPSA) is 87.7 Å². The van der Waals surface area contributed by atoms with Gasteiger partial charge in [-0.15, -0.1) is 0 Å². The highest BCUT2D eigenvalue weighted by atomic mass is 35.5. The van der Waals surface area contributed by atoms with E-state index in [0.29, 0.717) is 22.0 Å². The van der Waals surface area contributed by atoms with E-state index in [1.807, 2.05) is 0 Å². The molecule has 1 aliphatic rings. The van der Waals surface area contributed by atoms with Gasteiger partial charge < -0.3 is 4.74 Å². The second-order valence-corrected chi connectivity index (χ2v) is 6.07. The molecule has 26 heavy (non-hydrogen) atoms. The lowest BCUT2D eigenvalue weighted by Gasteiger charge is -2.16. The molecule has 0 bridgehead atoms. The number of ether oxygens (including phenoxy) is 1. The highest BCUT2D eigenvalue weighted by Crippen LogP contribution is 2.25. The Hall–Kier alpha value is -2.90. The summed E-state index contributed by atoms with van der Waals surface area (Å²) in [5.74, 6) is -0.613. The Morgan fingerprint density at radius 2 is 1.92 bits per heavy atom. The minimum absolute atomic E-state index is 0.0613. The predicted octanol–water partition coefficient (Wildman–Crippen LogP) is 1.92. The molecule has 1 atom stereocenters. The molecule has 1 fully saturated rings. The Labute approximate surface area is 154 Å².